The first-order valence-corrected chi connectivity index (χ1v) is 16.0. The predicted octanol–water partition coefficient (Wildman–Crippen LogP) is -0.480. The summed E-state index contributed by atoms with van der Waals surface area (Å²) in [6.45, 7) is 3.36. The normalized spacial score (nSPS) is 46.6. The summed E-state index contributed by atoms with van der Waals surface area (Å²) in [5.74, 6) is -4.66. The van der Waals surface area contributed by atoms with Gasteiger partial charge in [0.05, 0.1) is 54.7 Å². The summed E-state index contributed by atoms with van der Waals surface area (Å²) in [7, 11) is 0. The summed E-state index contributed by atoms with van der Waals surface area (Å²) in [4.78, 5) is 24.7. The molecule has 9 N–H and O–H groups in total. The number of primary amides is 1. The highest BCUT2D eigenvalue weighted by Crippen LogP contribution is 2.39. The van der Waals surface area contributed by atoms with Gasteiger partial charge in [-0.1, -0.05) is 48.6 Å². The number of allylic oxidation sites excluding steroid dienone is 6. The molecule has 3 saturated heterocycles. The van der Waals surface area contributed by atoms with Crippen LogP contribution in [0.1, 0.15) is 46.0 Å². The van der Waals surface area contributed by atoms with Gasteiger partial charge in [0, 0.05) is 38.2 Å². The zero-order valence-electron chi connectivity index (χ0n) is 26.6. The summed E-state index contributed by atoms with van der Waals surface area (Å²) >= 11 is 0. The molecule has 0 aromatic carbocycles. The molecule has 0 spiro atoms. The van der Waals surface area contributed by atoms with Gasteiger partial charge in [0.1, 0.15) is 18.3 Å². The quantitative estimate of drug-likeness (QED) is 0.149. The van der Waals surface area contributed by atoms with Gasteiger partial charge in [0.2, 0.25) is 5.91 Å². The molecule has 4 heterocycles. The summed E-state index contributed by atoms with van der Waals surface area (Å²) in [6, 6.07) is -1.06. The van der Waals surface area contributed by atoms with Crippen molar-refractivity contribution in [3.05, 3.63) is 60.8 Å². The minimum absolute atomic E-state index is 0.104. The first-order chi connectivity index (χ1) is 22.3. The van der Waals surface area contributed by atoms with Crippen LogP contribution in [0.3, 0.4) is 0 Å². The molecule has 1 amide bonds. The highest BCUT2D eigenvalue weighted by molar-refractivity contribution is 5.82. The lowest BCUT2D eigenvalue weighted by molar-refractivity contribution is -0.306. The number of fused-ring (bicyclic) bond motifs is 3. The standard InChI is InChI=1S/C33H48N2O12/c1-18-10-8-6-4-3-5-7-9-11-21(45-32-30(40)28(34)29(39)19(2)44-32)15-25-27(31(35)41)22(37)17-33(42,47-25)16-20(36)14-24-23(46-24)12-13-26(38)43-18/h3-9,11-13,18-25,27-30,32,36-37,39-40,42H,10,14-17,34H2,1-2H3,(H2,35,41)/b4-3-,7-5-,8-6+,11-9?,13-12-/t18-,19-,20+,21+,22+,23-,24-,25+,27-,28+,29-,30+,32+,33-/m1/s1. The Balaban J connectivity index is 1.58. The molecule has 3 fully saturated rings. The summed E-state index contributed by atoms with van der Waals surface area (Å²) in [5, 5.41) is 54.1. The van der Waals surface area contributed by atoms with Gasteiger partial charge in [-0.25, -0.2) is 4.79 Å². The van der Waals surface area contributed by atoms with Crippen LogP contribution in [0, 0.1) is 5.92 Å². The van der Waals surface area contributed by atoms with Gasteiger partial charge < -0.3 is 60.7 Å². The molecule has 0 aliphatic carbocycles. The number of cyclic esters (lactones) is 1. The lowest BCUT2D eigenvalue weighted by atomic mass is 9.82. The number of hydrogen-bond donors (Lipinski definition) is 7. The fourth-order valence-electron chi connectivity index (χ4n) is 6.05. The second kappa shape index (κ2) is 16.6. The lowest BCUT2D eigenvalue weighted by Gasteiger charge is -2.45. The van der Waals surface area contributed by atoms with Gasteiger partial charge in [-0.2, -0.15) is 0 Å². The number of carbonyl (C=O) groups excluding carboxylic acids is 2. The van der Waals surface area contributed by atoms with Crippen LogP contribution in [0.2, 0.25) is 0 Å². The third-order valence-electron chi connectivity index (χ3n) is 8.62. The molecule has 14 heteroatoms. The van der Waals surface area contributed by atoms with Crippen molar-refractivity contribution in [2.45, 2.75) is 125 Å². The number of hydrogen-bond acceptors (Lipinski definition) is 13. The number of rotatable bonds is 3. The minimum Gasteiger partial charge on any atom is -0.459 e. The molecule has 0 saturated carbocycles. The third-order valence-corrected chi connectivity index (χ3v) is 8.62. The molecule has 4 aliphatic heterocycles. The van der Waals surface area contributed by atoms with Crippen LogP contribution in [0.5, 0.6) is 0 Å². The Kier molecular flexibility index (Phi) is 13.1. The Morgan fingerprint density at radius 1 is 0.936 bits per heavy atom. The first kappa shape index (κ1) is 37.1. The van der Waals surface area contributed by atoms with Gasteiger partial charge >= 0.3 is 5.97 Å². The molecule has 262 valence electrons. The van der Waals surface area contributed by atoms with E-state index in [1.54, 1.807) is 56.4 Å². The van der Waals surface area contributed by atoms with Gasteiger partial charge in [0.25, 0.3) is 0 Å². The van der Waals surface area contributed by atoms with E-state index in [1.807, 2.05) is 12.2 Å². The van der Waals surface area contributed by atoms with Crippen LogP contribution in [-0.4, -0.2) is 117 Å². The van der Waals surface area contributed by atoms with Gasteiger partial charge in [-0.05, 0) is 19.9 Å². The summed E-state index contributed by atoms with van der Waals surface area (Å²) < 4.78 is 28.7. The summed E-state index contributed by atoms with van der Waals surface area (Å²) in [6.07, 6.45) is 6.16. The second-order valence-corrected chi connectivity index (χ2v) is 12.6. The van der Waals surface area contributed by atoms with E-state index in [0.29, 0.717) is 6.42 Å². The molecule has 14 nitrogen and oxygen atoms in total. The fourth-order valence-corrected chi connectivity index (χ4v) is 6.05. The Labute approximate surface area is 273 Å². The number of nitrogens with two attached hydrogens (primary N) is 2. The fraction of sp³-hybridized carbons (Fsp3) is 0.636. The first-order valence-electron chi connectivity index (χ1n) is 16.0. The average Bonchev–Trinajstić information content (AvgIpc) is 3.72. The van der Waals surface area contributed by atoms with E-state index in [0.717, 1.165) is 0 Å². The van der Waals surface area contributed by atoms with E-state index in [9.17, 15) is 35.1 Å². The van der Waals surface area contributed by atoms with Crippen LogP contribution in [0.4, 0.5) is 0 Å². The maximum atomic E-state index is 12.5. The summed E-state index contributed by atoms with van der Waals surface area (Å²) in [5.41, 5.74) is 11.6. The molecular formula is C33H48N2O12. The predicted molar refractivity (Wildman–Crippen MR) is 167 cm³/mol. The molecule has 0 aromatic rings. The van der Waals surface area contributed by atoms with Gasteiger partial charge in [-0.3, -0.25) is 4.79 Å². The molecule has 47 heavy (non-hydrogen) atoms. The largest absolute Gasteiger partial charge is 0.459 e. The van der Waals surface area contributed by atoms with Crippen LogP contribution in [-0.2, 0) is 33.3 Å². The minimum atomic E-state index is -2.04. The highest BCUT2D eigenvalue weighted by Gasteiger charge is 2.51. The van der Waals surface area contributed by atoms with Crippen molar-refractivity contribution in [1.82, 2.24) is 0 Å². The number of ether oxygens (including phenoxy) is 5. The molecule has 4 aliphatic rings. The molecule has 2 bridgehead atoms. The number of aliphatic hydroxyl groups excluding tert-OH is 4. The molecule has 14 atom stereocenters. The van der Waals surface area contributed by atoms with Crippen LogP contribution in [0.25, 0.3) is 0 Å². The van der Waals surface area contributed by atoms with Crippen molar-refractivity contribution in [2.75, 3.05) is 0 Å². The smallest absolute Gasteiger partial charge is 0.330 e. The Morgan fingerprint density at radius 3 is 2.36 bits per heavy atom. The Hall–Kier alpha value is -2.76. The van der Waals surface area contributed by atoms with Crippen molar-refractivity contribution in [3.63, 3.8) is 0 Å². The van der Waals surface area contributed by atoms with E-state index >= 15 is 0 Å². The van der Waals surface area contributed by atoms with Crippen molar-refractivity contribution in [2.24, 2.45) is 17.4 Å². The van der Waals surface area contributed by atoms with Crippen LogP contribution < -0.4 is 11.5 Å². The van der Waals surface area contributed by atoms with Crippen molar-refractivity contribution in [3.8, 4) is 0 Å². The van der Waals surface area contributed by atoms with Gasteiger partial charge in [-0.15, -0.1) is 0 Å². The molecule has 0 radical (unpaired) electrons. The van der Waals surface area contributed by atoms with Crippen molar-refractivity contribution >= 4 is 11.9 Å². The molecule has 0 unspecified atom stereocenters. The lowest BCUT2D eigenvalue weighted by Crippen LogP contribution is -2.61. The maximum absolute atomic E-state index is 12.5. The maximum Gasteiger partial charge on any atom is 0.330 e. The third kappa shape index (κ3) is 10.6. The van der Waals surface area contributed by atoms with Crippen molar-refractivity contribution in [1.29, 1.82) is 0 Å². The Morgan fingerprint density at radius 2 is 1.64 bits per heavy atom. The monoisotopic (exact) mass is 664 g/mol. The number of esters is 1. The van der Waals surface area contributed by atoms with E-state index in [-0.39, 0.29) is 25.4 Å². The number of carbonyl (C=O) groups is 2. The second-order valence-electron chi connectivity index (χ2n) is 12.6. The zero-order chi connectivity index (χ0) is 34.3. The Bertz CT molecular complexity index is 1220. The topological polar surface area (TPSA) is 237 Å². The highest BCUT2D eigenvalue weighted by atomic mass is 16.7. The molecular weight excluding hydrogens is 616 g/mol. The average molecular weight is 665 g/mol. The zero-order valence-corrected chi connectivity index (χ0v) is 26.6. The van der Waals surface area contributed by atoms with E-state index in [2.05, 4.69) is 0 Å². The van der Waals surface area contributed by atoms with E-state index in [4.69, 9.17) is 35.2 Å². The van der Waals surface area contributed by atoms with Crippen LogP contribution in [0.15, 0.2) is 60.8 Å². The van der Waals surface area contributed by atoms with Crippen molar-refractivity contribution < 1.29 is 58.8 Å². The number of aliphatic hydroxyl groups is 5. The van der Waals surface area contributed by atoms with Gasteiger partial charge in [0.15, 0.2) is 12.1 Å². The van der Waals surface area contributed by atoms with E-state index in [1.165, 1.54) is 6.08 Å². The van der Waals surface area contributed by atoms with E-state index < -0.39 is 97.3 Å². The number of amides is 1. The molecule has 0 aromatic heterocycles. The number of epoxide rings is 1. The SMILES string of the molecule is C[C@@H]1C/C=C/C=C\C=C/C=C[C@H](O[C@@H]2O[C@H](C)[C@@H](O)[C@H](N)[C@@H]2O)C[C@@H]2O[C@](O)(C[C@@H](O)C[C@H]3O[C@@H]3/C=C\C(=O)O1)C[C@H](O)[C@H]2C(N)=O. The molecule has 4 rings (SSSR count). The van der Waals surface area contributed by atoms with Crippen LogP contribution >= 0.6 is 0 Å².